The van der Waals surface area contributed by atoms with Crippen LogP contribution in [0.2, 0.25) is 0 Å². The first-order valence-corrected chi connectivity index (χ1v) is 6.87. The summed E-state index contributed by atoms with van der Waals surface area (Å²) in [5, 5.41) is 0. The molecule has 0 bridgehead atoms. The van der Waals surface area contributed by atoms with Gasteiger partial charge in [0.15, 0.2) is 24.7 Å². The van der Waals surface area contributed by atoms with E-state index in [4.69, 9.17) is 14.2 Å². The number of H-pyrrole nitrogens is 1. The van der Waals surface area contributed by atoms with Crippen LogP contribution in [0.15, 0.2) is 42.6 Å². The number of rotatable bonds is 8. The van der Waals surface area contributed by atoms with Crippen molar-refractivity contribution in [3.8, 4) is 11.5 Å². The number of hydrogen-bond acceptors (Lipinski definition) is 5. The minimum Gasteiger partial charge on any atom is -0.490 e. The predicted octanol–water partition coefficient (Wildman–Crippen LogP) is 2.22. The number of nitrogens with one attached hydrogen (secondary N) is 1. The molecule has 0 aliphatic carbocycles. The van der Waals surface area contributed by atoms with Crippen molar-refractivity contribution in [1.82, 2.24) is 4.98 Å². The van der Waals surface area contributed by atoms with E-state index in [1.165, 1.54) is 0 Å². The van der Waals surface area contributed by atoms with Gasteiger partial charge in [0.25, 0.3) is 0 Å². The van der Waals surface area contributed by atoms with E-state index in [0.717, 1.165) is 0 Å². The fourth-order valence-corrected chi connectivity index (χ4v) is 1.75. The molecular weight excluding hydrogens is 286 g/mol. The number of para-hydroxylation sites is 2. The Morgan fingerprint density at radius 2 is 1.73 bits per heavy atom. The monoisotopic (exact) mass is 303 g/mol. The van der Waals surface area contributed by atoms with Crippen LogP contribution in [0.3, 0.4) is 0 Å². The average molecular weight is 303 g/mol. The molecular formula is C16H17NO5. The van der Waals surface area contributed by atoms with Crippen LogP contribution in [0, 0.1) is 0 Å². The Bertz CT molecular complexity index is 621. The van der Waals surface area contributed by atoms with Gasteiger partial charge in [-0.25, -0.2) is 4.79 Å². The standard InChI is InChI=1S/C16H17NO5/c1-2-20-14-7-3-4-8-15(14)21-11-16(19)22-10-13(18)12-6-5-9-17-12/h3-9,17H,2,10-11H2,1H3. The Kier molecular flexibility index (Phi) is 5.59. The zero-order valence-electron chi connectivity index (χ0n) is 12.2. The molecule has 2 rings (SSSR count). The second-order valence-electron chi connectivity index (χ2n) is 4.34. The number of Topliss-reactive ketones (excluding diaryl/α,β-unsaturated/α-hetero) is 1. The smallest absolute Gasteiger partial charge is 0.344 e. The van der Waals surface area contributed by atoms with Gasteiger partial charge in [0.05, 0.1) is 12.3 Å². The summed E-state index contributed by atoms with van der Waals surface area (Å²) in [5.74, 6) is 0.0940. The highest BCUT2D eigenvalue weighted by atomic mass is 16.6. The zero-order chi connectivity index (χ0) is 15.8. The molecule has 1 aromatic heterocycles. The van der Waals surface area contributed by atoms with Crippen LogP contribution >= 0.6 is 0 Å². The minimum absolute atomic E-state index is 0.290. The third kappa shape index (κ3) is 4.37. The lowest BCUT2D eigenvalue weighted by Crippen LogP contribution is -2.19. The van der Waals surface area contributed by atoms with Crippen LogP contribution in [0.25, 0.3) is 0 Å². The minimum atomic E-state index is -0.619. The largest absolute Gasteiger partial charge is 0.490 e. The highest BCUT2D eigenvalue weighted by Gasteiger charge is 2.12. The molecule has 6 heteroatoms. The maximum absolute atomic E-state index is 11.7. The van der Waals surface area contributed by atoms with E-state index >= 15 is 0 Å². The zero-order valence-corrected chi connectivity index (χ0v) is 12.2. The first kappa shape index (κ1) is 15.6. The van der Waals surface area contributed by atoms with E-state index in [0.29, 0.717) is 23.8 Å². The maximum Gasteiger partial charge on any atom is 0.344 e. The fourth-order valence-electron chi connectivity index (χ4n) is 1.75. The van der Waals surface area contributed by atoms with Crippen molar-refractivity contribution in [3.05, 3.63) is 48.3 Å². The van der Waals surface area contributed by atoms with Gasteiger partial charge in [-0.05, 0) is 31.2 Å². The molecule has 0 saturated carbocycles. The molecule has 1 aromatic carbocycles. The molecule has 0 unspecified atom stereocenters. The van der Waals surface area contributed by atoms with E-state index < -0.39 is 5.97 Å². The molecule has 0 spiro atoms. The number of aromatic amines is 1. The number of carbonyl (C=O) groups excluding carboxylic acids is 2. The normalized spacial score (nSPS) is 10.0. The summed E-state index contributed by atoms with van der Waals surface area (Å²) >= 11 is 0. The molecule has 0 saturated heterocycles. The average Bonchev–Trinajstić information content (AvgIpc) is 3.06. The summed E-state index contributed by atoms with van der Waals surface area (Å²) in [6.07, 6.45) is 1.63. The topological polar surface area (TPSA) is 77.6 Å². The number of hydrogen-bond donors (Lipinski definition) is 1. The van der Waals surface area contributed by atoms with E-state index in [1.54, 1.807) is 36.5 Å². The molecule has 0 aliphatic rings. The van der Waals surface area contributed by atoms with Crippen molar-refractivity contribution in [2.24, 2.45) is 0 Å². The first-order chi connectivity index (χ1) is 10.7. The van der Waals surface area contributed by atoms with Gasteiger partial charge < -0.3 is 19.2 Å². The van der Waals surface area contributed by atoms with Crippen LogP contribution in [0.5, 0.6) is 11.5 Å². The van der Waals surface area contributed by atoms with Crippen LogP contribution in [-0.2, 0) is 9.53 Å². The van der Waals surface area contributed by atoms with Gasteiger partial charge in [-0.1, -0.05) is 12.1 Å². The van der Waals surface area contributed by atoms with Crippen molar-refractivity contribution >= 4 is 11.8 Å². The molecule has 0 fully saturated rings. The number of esters is 1. The second-order valence-corrected chi connectivity index (χ2v) is 4.34. The molecule has 0 amide bonds. The summed E-state index contributed by atoms with van der Waals surface area (Å²) in [7, 11) is 0. The van der Waals surface area contributed by atoms with E-state index in [2.05, 4.69) is 4.98 Å². The Morgan fingerprint density at radius 3 is 2.36 bits per heavy atom. The molecule has 2 aromatic rings. The lowest BCUT2D eigenvalue weighted by atomic mass is 10.3. The molecule has 22 heavy (non-hydrogen) atoms. The van der Waals surface area contributed by atoms with Gasteiger partial charge in [-0.2, -0.15) is 0 Å². The second kappa shape index (κ2) is 7.87. The molecule has 0 aliphatic heterocycles. The Labute approximate surface area is 128 Å². The van der Waals surface area contributed by atoms with E-state index in [-0.39, 0.29) is 19.0 Å². The van der Waals surface area contributed by atoms with Gasteiger partial charge in [-0.15, -0.1) is 0 Å². The number of ketones is 1. The van der Waals surface area contributed by atoms with Gasteiger partial charge in [-0.3, -0.25) is 4.79 Å². The van der Waals surface area contributed by atoms with Crippen LogP contribution < -0.4 is 9.47 Å². The lowest BCUT2D eigenvalue weighted by molar-refractivity contribution is -0.144. The Hall–Kier alpha value is -2.76. The molecule has 0 radical (unpaired) electrons. The van der Waals surface area contributed by atoms with Crippen molar-refractivity contribution in [2.75, 3.05) is 19.8 Å². The third-order valence-corrected chi connectivity index (χ3v) is 2.76. The lowest BCUT2D eigenvalue weighted by Gasteiger charge is -2.11. The van der Waals surface area contributed by atoms with Crippen molar-refractivity contribution in [3.63, 3.8) is 0 Å². The van der Waals surface area contributed by atoms with Crippen LogP contribution in [0.1, 0.15) is 17.4 Å². The summed E-state index contributed by atoms with van der Waals surface area (Å²) in [6, 6.07) is 10.3. The molecule has 116 valence electrons. The van der Waals surface area contributed by atoms with Crippen molar-refractivity contribution in [1.29, 1.82) is 0 Å². The number of aromatic nitrogens is 1. The highest BCUT2D eigenvalue weighted by Crippen LogP contribution is 2.26. The van der Waals surface area contributed by atoms with E-state index in [1.807, 2.05) is 13.0 Å². The fraction of sp³-hybridized carbons (Fsp3) is 0.250. The van der Waals surface area contributed by atoms with Gasteiger partial charge in [0, 0.05) is 6.20 Å². The Balaban J connectivity index is 1.79. The van der Waals surface area contributed by atoms with Gasteiger partial charge >= 0.3 is 5.97 Å². The van der Waals surface area contributed by atoms with E-state index in [9.17, 15) is 9.59 Å². The molecule has 1 N–H and O–H groups in total. The molecule has 1 heterocycles. The molecule has 0 atom stereocenters. The third-order valence-electron chi connectivity index (χ3n) is 2.76. The van der Waals surface area contributed by atoms with Crippen LogP contribution in [0.4, 0.5) is 0 Å². The van der Waals surface area contributed by atoms with Gasteiger partial charge in [0.2, 0.25) is 5.78 Å². The quantitative estimate of drug-likeness (QED) is 0.597. The van der Waals surface area contributed by atoms with Crippen molar-refractivity contribution < 1.29 is 23.8 Å². The summed E-state index contributed by atoms with van der Waals surface area (Å²) < 4.78 is 15.6. The summed E-state index contributed by atoms with van der Waals surface area (Å²) in [5.41, 5.74) is 0.399. The predicted molar refractivity (Wildman–Crippen MR) is 79.2 cm³/mol. The first-order valence-electron chi connectivity index (χ1n) is 6.87. The Morgan fingerprint density at radius 1 is 1.00 bits per heavy atom. The number of ether oxygens (including phenoxy) is 3. The SMILES string of the molecule is CCOc1ccccc1OCC(=O)OCC(=O)c1ccc[nH]1. The maximum atomic E-state index is 11.7. The number of benzene rings is 1. The van der Waals surface area contributed by atoms with Gasteiger partial charge in [0.1, 0.15) is 0 Å². The summed E-state index contributed by atoms with van der Waals surface area (Å²) in [6.45, 7) is 1.74. The number of carbonyl (C=O) groups is 2. The molecule has 6 nitrogen and oxygen atoms in total. The highest BCUT2D eigenvalue weighted by molar-refractivity contribution is 5.96. The van der Waals surface area contributed by atoms with Crippen LogP contribution in [-0.4, -0.2) is 36.6 Å². The van der Waals surface area contributed by atoms with Crippen molar-refractivity contribution in [2.45, 2.75) is 6.92 Å². The summed E-state index contributed by atoms with van der Waals surface area (Å²) in [4.78, 5) is 26.0.